The first-order valence-corrected chi connectivity index (χ1v) is 7.86. The second kappa shape index (κ2) is 6.97. The van der Waals surface area contributed by atoms with Crippen LogP contribution in [0, 0.1) is 5.92 Å². The topological polar surface area (TPSA) is 37.3 Å². The van der Waals surface area contributed by atoms with Crippen molar-refractivity contribution in [1.82, 2.24) is 14.8 Å². The first-order valence-electron chi connectivity index (χ1n) is 7.86. The Labute approximate surface area is 133 Å². The molecule has 0 aliphatic heterocycles. The number of hydrogen-bond acceptors (Lipinski definition) is 2. The lowest BCUT2D eigenvalue weighted by Gasteiger charge is -2.28. The van der Waals surface area contributed by atoms with E-state index in [1.807, 2.05) is 19.2 Å². The van der Waals surface area contributed by atoms with Gasteiger partial charge < -0.3 is 14.8 Å². The summed E-state index contributed by atoms with van der Waals surface area (Å²) in [5, 5.41) is 4.24. The maximum Gasteiger partial charge on any atom is 0.224 e. The molecule has 0 radical (unpaired) electrons. The minimum atomic E-state index is 0.0869. The van der Waals surface area contributed by atoms with Gasteiger partial charge in [0, 0.05) is 36.7 Å². The van der Waals surface area contributed by atoms with Crippen LogP contribution in [-0.2, 0) is 18.3 Å². The van der Waals surface area contributed by atoms with Crippen molar-refractivity contribution < 1.29 is 4.79 Å². The van der Waals surface area contributed by atoms with E-state index in [0.717, 1.165) is 10.9 Å². The van der Waals surface area contributed by atoms with E-state index >= 15 is 0 Å². The normalized spacial score (nSPS) is 13.0. The number of likely N-dealkylation sites (N-methyl/N-ethyl adjacent to an activating group) is 1. The van der Waals surface area contributed by atoms with Gasteiger partial charge in [0.25, 0.3) is 0 Å². The molecule has 1 amide bonds. The zero-order chi connectivity index (χ0) is 16.3. The predicted molar refractivity (Wildman–Crippen MR) is 91.9 cm³/mol. The summed E-state index contributed by atoms with van der Waals surface area (Å²) < 4.78 is 2.08. The highest BCUT2D eigenvalue weighted by atomic mass is 16.1. The van der Waals surface area contributed by atoms with Gasteiger partial charge >= 0.3 is 0 Å². The van der Waals surface area contributed by atoms with Crippen molar-refractivity contribution in [3.05, 3.63) is 36.0 Å². The first kappa shape index (κ1) is 16.6. The van der Waals surface area contributed by atoms with Gasteiger partial charge in [0.15, 0.2) is 0 Å². The monoisotopic (exact) mass is 301 g/mol. The Bertz CT molecular complexity index is 635. The molecule has 0 spiro atoms. The number of aryl methyl sites for hydroxylation is 1. The van der Waals surface area contributed by atoms with Crippen LogP contribution in [0.3, 0.4) is 0 Å². The summed E-state index contributed by atoms with van der Waals surface area (Å²) >= 11 is 0. The number of para-hydroxylation sites is 1. The van der Waals surface area contributed by atoms with Crippen LogP contribution in [0.2, 0.25) is 0 Å². The van der Waals surface area contributed by atoms with Gasteiger partial charge in [0.2, 0.25) is 5.91 Å². The van der Waals surface area contributed by atoms with E-state index in [1.54, 1.807) is 0 Å². The minimum Gasteiger partial charge on any atom is -0.354 e. The van der Waals surface area contributed by atoms with E-state index in [1.165, 1.54) is 5.52 Å². The van der Waals surface area contributed by atoms with Gasteiger partial charge in [0.1, 0.15) is 0 Å². The van der Waals surface area contributed by atoms with Crippen LogP contribution in [0.15, 0.2) is 30.5 Å². The number of rotatable bonds is 6. The van der Waals surface area contributed by atoms with E-state index in [-0.39, 0.29) is 5.91 Å². The molecule has 0 aliphatic rings. The number of fused-ring (bicyclic) bond motifs is 1. The molecule has 0 aliphatic carbocycles. The summed E-state index contributed by atoms with van der Waals surface area (Å²) in [6.45, 7) is 5.05. The Morgan fingerprint density at radius 2 is 1.95 bits per heavy atom. The van der Waals surface area contributed by atoms with Gasteiger partial charge in [-0.3, -0.25) is 4.79 Å². The van der Waals surface area contributed by atoms with Crippen LogP contribution in [0.25, 0.3) is 10.9 Å². The van der Waals surface area contributed by atoms with Crippen LogP contribution >= 0.6 is 0 Å². The molecule has 0 bridgehead atoms. The quantitative estimate of drug-likeness (QED) is 0.890. The molecule has 4 heteroatoms. The van der Waals surface area contributed by atoms with E-state index in [9.17, 15) is 4.79 Å². The van der Waals surface area contributed by atoms with Gasteiger partial charge in [-0.2, -0.15) is 0 Å². The second-order valence-corrected chi connectivity index (χ2v) is 6.54. The van der Waals surface area contributed by atoms with Crippen molar-refractivity contribution in [2.45, 2.75) is 26.3 Å². The van der Waals surface area contributed by atoms with Crippen LogP contribution in [0.1, 0.15) is 19.4 Å². The van der Waals surface area contributed by atoms with Gasteiger partial charge in [-0.1, -0.05) is 32.0 Å². The van der Waals surface area contributed by atoms with Gasteiger partial charge in [-0.05, 0) is 31.6 Å². The average Bonchev–Trinajstić information content (AvgIpc) is 2.75. The fourth-order valence-corrected chi connectivity index (χ4v) is 3.03. The molecule has 0 unspecified atom stereocenters. The first-order chi connectivity index (χ1) is 10.4. The molecule has 2 rings (SSSR count). The van der Waals surface area contributed by atoms with Crippen molar-refractivity contribution in [2.24, 2.45) is 13.0 Å². The summed E-state index contributed by atoms with van der Waals surface area (Å²) in [6, 6.07) is 8.56. The maximum absolute atomic E-state index is 12.3. The third-order valence-corrected chi connectivity index (χ3v) is 4.27. The fraction of sp³-hybridized carbons (Fsp3) is 0.500. The highest BCUT2D eigenvalue weighted by molar-refractivity contribution is 5.89. The molecule has 0 saturated carbocycles. The Morgan fingerprint density at radius 1 is 1.27 bits per heavy atom. The molecule has 0 saturated heterocycles. The third-order valence-electron chi connectivity index (χ3n) is 4.27. The molecule has 1 atom stereocenters. The molecule has 2 aromatic rings. The van der Waals surface area contributed by atoms with Crippen LogP contribution in [-0.4, -0.2) is 42.1 Å². The summed E-state index contributed by atoms with van der Waals surface area (Å²) in [5.74, 6) is 0.594. The molecule has 1 aromatic carbocycles. The Balaban J connectivity index is 2.02. The predicted octanol–water partition coefficient (Wildman–Crippen LogP) is 2.42. The largest absolute Gasteiger partial charge is 0.354 e. The number of amides is 1. The van der Waals surface area contributed by atoms with Gasteiger partial charge in [-0.15, -0.1) is 0 Å². The molecule has 1 aromatic heterocycles. The van der Waals surface area contributed by atoms with Crippen molar-refractivity contribution in [3.8, 4) is 0 Å². The number of carbonyl (C=O) groups is 1. The van der Waals surface area contributed by atoms with Crippen LogP contribution in [0.4, 0.5) is 0 Å². The highest BCUT2D eigenvalue weighted by Gasteiger charge is 2.17. The summed E-state index contributed by atoms with van der Waals surface area (Å²) in [4.78, 5) is 14.4. The van der Waals surface area contributed by atoms with Crippen molar-refractivity contribution in [3.63, 3.8) is 0 Å². The molecule has 1 N–H and O–H groups in total. The standard InChI is InChI=1S/C18H27N3O/c1-13(2)17(20(3)4)11-19-18(22)10-14-12-21(5)16-9-7-6-8-15(14)16/h6-9,12-13,17H,10-11H2,1-5H3,(H,19,22)/t17-/m0/s1. The van der Waals surface area contributed by atoms with E-state index < -0.39 is 0 Å². The zero-order valence-corrected chi connectivity index (χ0v) is 14.3. The summed E-state index contributed by atoms with van der Waals surface area (Å²) in [5.41, 5.74) is 2.25. The lowest BCUT2D eigenvalue weighted by Crippen LogP contribution is -2.43. The molecular weight excluding hydrogens is 274 g/mol. The van der Waals surface area contributed by atoms with Gasteiger partial charge in [0.05, 0.1) is 6.42 Å². The number of carbonyl (C=O) groups excluding carboxylic acids is 1. The number of nitrogens with one attached hydrogen (secondary N) is 1. The van der Waals surface area contributed by atoms with E-state index in [0.29, 0.717) is 24.9 Å². The maximum atomic E-state index is 12.3. The van der Waals surface area contributed by atoms with Crippen molar-refractivity contribution in [2.75, 3.05) is 20.6 Å². The summed E-state index contributed by atoms with van der Waals surface area (Å²) in [6.07, 6.45) is 2.48. The average molecular weight is 301 g/mol. The van der Waals surface area contributed by atoms with Crippen LogP contribution in [0.5, 0.6) is 0 Å². The lowest BCUT2D eigenvalue weighted by molar-refractivity contribution is -0.120. The smallest absolute Gasteiger partial charge is 0.224 e. The lowest BCUT2D eigenvalue weighted by atomic mass is 10.0. The van der Waals surface area contributed by atoms with Gasteiger partial charge in [-0.25, -0.2) is 0 Å². The minimum absolute atomic E-state index is 0.0869. The second-order valence-electron chi connectivity index (χ2n) is 6.54. The molecule has 4 nitrogen and oxygen atoms in total. The van der Waals surface area contributed by atoms with Crippen LogP contribution < -0.4 is 5.32 Å². The fourth-order valence-electron chi connectivity index (χ4n) is 3.03. The number of nitrogens with zero attached hydrogens (tertiary/aromatic N) is 2. The molecule has 0 fully saturated rings. The van der Waals surface area contributed by atoms with E-state index in [2.05, 4.69) is 61.1 Å². The van der Waals surface area contributed by atoms with E-state index in [4.69, 9.17) is 0 Å². The Morgan fingerprint density at radius 3 is 2.59 bits per heavy atom. The number of benzene rings is 1. The SMILES string of the molecule is CC(C)[C@H](CNC(=O)Cc1cn(C)c2ccccc12)N(C)C. The Hall–Kier alpha value is -1.81. The number of aromatic nitrogens is 1. The molecular formula is C18H27N3O. The molecule has 22 heavy (non-hydrogen) atoms. The third kappa shape index (κ3) is 3.69. The molecule has 120 valence electrons. The number of hydrogen-bond donors (Lipinski definition) is 1. The molecule has 1 heterocycles. The Kier molecular flexibility index (Phi) is 5.24. The van der Waals surface area contributed by atoms with Crippen molar-refractivity contribution in [1.29, 1.82) is 0 Å². The zero-order valence-electron chi connectivity index (χ0n) is 14.3. The summed E-state index contributed by atoms with van der Waals surface area (Å²) in [7, 11) is 6.13. The highest BCUT2D eigenvalue weighted by Crippen LogP contribution is 2.20. The van der Waals surface area contributed by atoms with Crippen molar-refractivity contribution >= 4 is 16.8 Å².